The van der Waals surface area contributed by atoms with Gasteiger partial charge in [0, 0.05) is 31.7 Å². The number of halogens is 2. The zero-order valence-corrected chi connectivity index (χ0v) is 17.5. The first kappa shape index (κ1) is 20.4. The lowest BCUT2D eigenvalue weighted by molar-refractivity contribution is 0.188. The van der Waals surface area contributed by atoms with Gasteiger partial charge in [-0.1, -0.05) is 30.3 Å². The van der Waals surface area contributed by atoms with Crippen LogP contribution in [0.1, 0.15) is 38.2 Å². The molecule has 1 aliphatic heterocycles. The van der Waals surface area contributed by atoms with Crippen LogP contribution in [0.3, 0.4) is 0 Å². The minimum absolute atomic E-state index is 0.228. The summed E-state index contributed by atoms with van der Waals surface area (Å²) in [5, 5.41) is 12.4. The molecule has 1 fully saturated rings. The minimum atomic E-state index is -0.428. The first-order valence-corrected chi connectivity index (χ1v) is 10.1. The normalized spacial score (nSPS) is 16.6. The molecule has 0 bridgehead atoms. The van der Waals surface area contributed by atoms with Gasteiger partial charge in [-0.05, 0) is 49.4 Å². The van der Waals surface area contributed by atoms with Crippen molar-refractivity contribution in [1.82, 2.24) is 25.1 Å². The van der Waals surface area contributed by atoms with E-state index in [1.54, 1.807) is 28.9 Å². The molecule has 1 saturated heterocycles. The summed E-state index contributed by atoms with van der Waals surface area (Å²) in [7, 11) is 0. The Hall–Kier alpha value is -2.87. The fraction of sp³-hybridized carbons (Fsp3) is 0.409. The number of tetrazole rings is 1. The van der Waals surface area contributed by atoms with E-state index in [-0.39, 0.29) is 17.2 Å². The molecule has 158 valence electrons. The van der Waals surface area contributed by atoms with Gasteiger partial charge in [0.2, 0.25) is 0 Å². The molecule has 1 atom stereocenters. The summed E-state index contributed by atoms with van der Waals surface area (Å²) in [5.41, 5.74) is 0.786. The second-order valence-electron chi connectivity index (χ2n) is 8.52. The number of para-hydroxylation sites is 1. The number of piperazine rings is 1. The van der Waals surface area contributed by atoms with E-state index >= 15 is 0 Å². The Morgan fingerprint density at radius 3 is 2.13 bits per heavy atom. The van der Waals surface area contributed by atoms with Gasteiger partial charge in [-0.25, -0.2) is 13.5 Å². The van der Waals surface area contributed by atoms with Crippen molar-refractivity contribution in [2.24, 2.45) is 0 Å². The Labute approximate surface area is 175 Å². The maximum Gasteiger partial charge on any atom is 0.173 e. The number of hydrogen-bond acceptors (Lipinski definition) is 5. The Morgan fingerprint density at radius 1 is 0.867 bits per heavy atom. The molecule has 30 heavy (non-hydrogen) atoms. The summed E-state index contributed by atoms with van der Waals surface area (Å²) >= 11 is 0. The van der Waals surface area contributed by atoms with Crippen LogP contribution < -0.4 is 4.90 Å². The molecular weight excluding hydrogens is 386 g/mol. The van der Waals surface area contributed by atoms with Crippen molar-refractivity contribution in [2.75, 3.05) is 31.1 Å². The van der Waals surface area contributed by atoms with E-state index in [1.807, 2.05) is 37.8 Å². The molecule has 2 heterocycles. The lowest BCUT2D eigenvalue weighted by Gasteiger charge is -2.40. The highest BCUT2D eigenvalue weighted by Gasteiger charge is 2.34. The zero-order chi connectivity index (χ0) is 21.3. The van der Waals surface area contributed by atoms with E-state index in [1.165, 1.54) is 12.1 Å². The molecule has 0 aliphatic carbocycles. The number of nitrogens with zero attached hydrogens (tertiary/aromatic N) is 6. The van der Waals surface area contributed by atoms with Crippen molar-refractivity contribution in [3.63, 3.8) is 0 Å². The lowest BCUT2D eigenvalue weighted by Crippen LogP contribution is -2.49. The molecule has 0 saturated carbocycles. The topological polar surface area (TPSA) is 50.1 Å². The summed E-state index contributed by atoms with van der Waals surface area (Å²) in [6.07, 6.45) is 0. The van der Waals surface area contributed by atoms with Gasteiger partial charge in [0.25, 0.3) is 0 Å². The third kappa shape index (κ3) is 3.92. The van der Waals surface area contributed by atoms with Crippen LogP contribution in [0.5, 0.6) is 0 Å². The van der Waals surface area contributed by atoms with Gasteiger partial charge in [0.1, 0.15) is 17.7 Å². The van der Waals surface area contributed by atoms with Gasteiger partial charge in [-0.2, -0.15) is 0 Å². The number of anilines is 1. The number of benzene rings is 2. The predicted octanol–water partition coefficient (Wildman–Crippen LogP) is 3.62. The standard InChI is InChI=1S/C22H26F2N6/c1-22(2,3)30-21(25-26-27-30)20(16-8-4-5-9-17(16)23)29-14-12-28(13-15-29)19-11-7-6-10-18(19)24/h4-11,20H,12-15H2,1-3H3. The maximum absolute atomic E-state index is 14.8. The van der Waals surface area contributed by atoms with Gasteiger partial charge < -0.3 is 4.90 Å². The van der Waals surface area contributed by atoms with E-state index in [0.717, 1.165) is 0 Å². The fourth-order valence-corrected chi connectivity index (χ4v) is 3.97. The van der Waals surface area contributed by atoms with E-state index in [2.05, 4.69) is 20.4 Å². The third-order valence-electron chi connectivity index (χ3n) is 5.45. The van der Waals surface area contributed by atoms with Crippen LogP contribution in [0, 0.1) is 11.6 Å². The molecular formula is C22H26F2N6. The highest BCUT2D eigenvalue weighted by Crippen LogP contribution is 2.32. The zero-order valence-electron chi connectivity index (χ0n) is 17.5. The smallest absolute Gasteiger partial charge is 0.173 e. The average Bonchev–Trinajstić information content (AvgIpc) is 3.21. The van der Waals surface area contributed by atoms with Crippen molar-refractivity contribution < 1.29 is 8.78 Å². The third-order valence-corrected chi connectivity index (χ3v) is 5.45. The van der Waals surface area contributed by atoms with Crippen molar-refractivity contribution in [3.8, 4) is 0 Å². The molecule has 0 spiro atoms. The second kappa shape index (κ2) is 8.10. The van der Waals surface area contributed by atoms with Crippen molar-refractivity contribution >= 4 is 5.69 Å². The Balaban J connectivity index is 1.66. The fourth-order valence-electron chi connectivity index (χ4n) is 3.97. The van der Waals surface area contributed by atoms with Gasteiger partial charge in [0.05, 0.1) is 11.2 Å². The SMILES string of the molecule is CC(C)(C)n1nnnc1C(c1ccccc1F)N1CCN(c2ccccc2F)CC1. The highest BCUT2D eigenvalue weighted by atomic mass is 19.1. The summed E-state index contributed by atoms with van der Waals surface area (Å²) < 4.78 is 30.8. The molecule has 1 aromatic heterocycles. The first-order chi connectivity index (χ1) is 14.4. The molecule has 0 radical (unpaired) electrons. The second-order valence-corrected chi connectivity index (χ2v) is 8.52. The van der Waals surface area contributed by atoms with Crippen LogP contribution in [0.25, 0.3) is 0 Å². The van der Waals surface area contributed by atoms with E-state index < -0.39 is 6.04 Å². The van der Waals surface area contributed by atoms with Crippen molar-refractivity contribution in [1.29, 1.82) is 0 Å². The summed E-state index contributed by atoms with van der Waals surface area (Å²) in [6.45, 7) is 8.56. The molecule has 0 amide bonds. The van der Waals surface area contributed by atoms with Crippen LogP contribution in [0.15, 0.2) is 48.5 Å². The van der Waals surface area contributed by atoms with Crippen LogP contribution >= 0.6 is 0 Å². The largest absolute Gasteiger partial charge is 0.367 e. The quantitative estimate of drug-likeness (QED) is 0.655. The van der Waals surface area contributed by atoms with Crippen LogP contribution in [0.2, 0.25) is 0 Å². The van der Waals surface area contributed by atoms with Crippen LogP contribution in [0.4, 0.5) is 14.5 Å². The van der Waals surface area contributed by atoms with Crippen LogP contribution in [-0.2, 0) is 5.54 Å². The number of rotatable bonds is 4. The van der Waals surface area contributed by atoms with Gasteiger partial charge >= 0.3 is 0 Å². The summed E-state index contributed by atoms with van der Waals surface area (Å²) in [5.74, 6) is 0.0858. The molecule has 3 aromatic rings. The minimum Gasteiger partial charge on any atom is -0.367 e. The molecule has 6 nitrogen and oxygen atoms in total. The number of aromatic nitrogens is 4. The predicted molar refractivity (Wildman–Crippen MR) is 111 cm³/mol. The van der Waals surface area contributed by atoms with Gasteiger partial charge in [-0.15, -0.1) is 5.10 Å². The highest BCUT2D eigenvalue weighted by molar-refractivity contribution is 5.48. The monoisotopic (exact) mass is 412 g/mol. The van der Waals surface area contributed by atoms with Crippen LogP contribution in [-0.4, -0.2) is 51.3 Å². The Morgan fingerprint density at radius 2 is 1.50 bits per heavy atom. The van der Waals surface area contributed by atoms with Crippen molar-refractivity contribution in [3.05, 3.63) is 71.6 Å². The molecule has 0 N–H and O–H groups in total. The summed E-state index contributed by atoms with van der Waals surface area (Å²) in [6, 6.07) is 13.1. The van der Waals surface area contributed by atoms with Gasteiger partial charge in [-0.3, -0.25) is 4.90 Å². The Bertz CT molecular complexity index is 1000. The maximum atomic E-state index is 14.8. The lowest BCUT2D eigenvalue weighted by atomic mass is 10.0. The first-order valence-electron chi connectivity index (χ1n) is 10.1. The molecule has 2 aromatic carbocycles. The van der Waals surface area contributed by atoms with Gasteiger partial charge in [0.15, 0.2) is 5.82 Å². The van der Waals surface area contributed by atoms with E-state index in [9.17, 15) is 8.78 Å². The van der Waals surface area contributed by atoms with E-state index in [0.29, 0.717) is 43.3 Å². The molecule has 4 rings (SSSR count). The average molecular weight is 412 g/mol. The number of hydrogen-bond donors (Lipinski definition) is 0. The Kier molecular flexibility index (Phi) is 5.51. The van der Waals surface area contributed by atoms with Crippen molar-refractivity contribution in [2.45, 2.75) is 32.4 Å². The molecule has 1 unspecified atom stereocenters. The van der Waals surface area contributed by atoms with E-state index in [4.69, 9.17) is 0 Å². The molecule has 1 aliphatic rings. The molecule has 8 heteroatoms. The summed E-state index contributed by atoms with van der Waals surface area (Å²) in [4.78, 5) is 4.20.